The molecule has 0 bridgehead atoms. The summed E-state index contributed by atoms with van der Waals surface area (Å²) in [5.74, 6) is -0.369. The molecule has 0 saturated carbocycles. The summed E-state index contributed by atoms with van der Waals surface area (Å²) in [7, 11) is 0. The second-order valence-corrected chi connectivity index (χ2v) is 4.85. The second-order valence-electron chi connectivity index (χ2n) is 4.00. The fourth-order valence-corrected chi connectivity index (χ4v) is 2.08. The molecule has 0 fully saturated rings. The lowest BCUT2D eigenvalue weighted by Crippen LogP contribution is -2.13. The van der Waals surface area contributed by atoms with E-state index >= 15 is 0 Å². The second kappa shape index (κ2) is 5.99. The van der Waals surface area contributed by atoms with E-state index in [1.165, 1.54) is 12.1 Å². The van der Waals surface area contributed by atoms with Crippen molar-refractivity contribution in [2.24, 2.45) is 5.73 Å². The Bertz CT molecular complexity index is 616. The zero-order chi connectivity index (χ0) is 13.8. The molecule has 98 valence electrons. The standard InChI is InChI=1S/C14H12ClFN2S/c15-12-4-2-1-3-9(12)8-18-13-6-5-10(16)7-11(13)14(17)19/h1-7,18H,8H2,(H2,17,19). The van der Waals surface area contributed by atoms with E-state index in [0.29, 0.717) is 22.8 Å². The Hall–Kier alpha value is -1.65. The lowest BCUT2D eigenvalue weighted by Gasteiger charge is -2.12. The van der Waals surface area contributed by atoms with E-state index in [-0.39, 0.29) is 10.8 Å². The van der Waals surface area contributed by atoms with E-state index in [9.17, 15) is 4.39 Å². The van der Waals surface area contributed by atoms with Gasteiger partial charge in [0.15, 0.2) is 0 Å². The molecule has 0 aliphatic carbocycles. The van der Waals surface area contributed by atoms with Crippen LogP contribution in [0.25, 0.3) is 0 Å². The number of nitrogens with two attached hydrogens (primary N) is 1. The van der Waals surface area contributed by atoms with E-state index in [1.54, 1.807) is 6.07 Å². The fourth-order valence-electron chi connectivity index (χ4n) is 1.71. The molecule has 2 rings (SSSR count). The third-order valence-corrected chi connectivity index (χ3v) is 3.26. The zero-order valence-electron chi connectivity index (χ0n) is 9.99. The summed E-state index contributed by atoms with van der Waals surface area (Å²) in [6, 6.07) is 11.8. The number of halogens is 2. The highest BCUT2D eigenvalue weighted by atomic mass is 35.5. The number of benzene rings is 2. The summed E-state index contributed by atoms with van der Waals surface area (Å²) in [5, 5.41) is 3.84. The lowest BCUT2D eigenvalue weighted by atomic mass is 10.1. The Morgan fingerprint density at radius 2 is 2.00 bits per heavy atom. The van der Waals surface area contributed by atoms with E-state index in [1.807, 2.05) is 24.3 Å². The fraction of sp³-hybridized carbons (Fsp3) is 0.0714. The molecule has 2 nitrogen and oxygen atoms in total. The Labute approximate surface area is 121 Å². The molecule has 0 atom stereocenters. The van der Waals surface area contributed by atoms with Gasteiger partial charge in [0.05, 0.1) is 0 Å². The van der Waals surface area contributed by atoms with Gasteiger partial charge in [-0.2, -0.15) is 0 Å². The molecule has 0 unspecified atom stereocenters. The molecule has 19 heavy (non-hydrogen) atoms. The normalized spacial score (nSPS) is 10.2. The van der Waals surface area contributed by atoms with Crippen LogP contribution in [-0.4, -0.2) is 4.99 Å². The van der Waals surface area contributed by atoms with Gasteiger partial charge in [-0.15, -0.1) is 0 Å². The van der Waals surface area contributed by atoms with E-state index < -0.39 is 0 Å². The summed E-state index contributed by atoms with van der Waals surface area (Å²) in [4.78, 5) is 0.154. The predicted molar refractivity (Wildman–Crippen MR) is 81.1 cm³/mol. The average Bonchev–Trinajstić information content (AvgIpc) is 2.38. The summed E-state index contributed by atoms with van der Waals surface area (Å²) in [5.41, 5.74) is 7.70. The molecule has 0 heterocycles. The maximum absolute atomic E-state index is 13.2. The molecule has 3 N–H and O–H groups in total. The van der Waals surface area contributed by atoms with Crippen molar-refractivity contribution in [3.05, 3.63) is 64.4 Å². The Morgan fingerprint density at radius 1 is 1.26 bits per heavy atom. The van der Waals surface area contributed by atoms with Crippen LogP contribution in [0, 0.1) is 5.82 Å². The smallest absolute Gasteiger partial charge is 0.124 e. The van der Waals surface area contributed by atoms with E-state index in [0.717, 1.165) is 5.56 Å². The van der Waals surface area contributed by atoms with Crippen LogP contribution in [0.2, 0.25) is 5.02 Å². The van der Waals surface area contributed by atoms with Gasteiger partial charge < -0.3 is 11.1 Å². The monoisotopic (exact) mass is 294 g/mol. The molecule has 2 aromatic carbocycles. The first-order valence-electron chi connectivity index (χ1n) is 5.64. The molecule has 0 radical (unpaired) electrons. The minimum atomic E-state index is -0.369. The molecule has 0 amide bonds. The van der Waals surface area contributed by atoms with Crippen LogP contribution < -0.4 is 11.1 Å². The highest BCUT2D eigenvalue weighted by molar-refractivity contribution is 7.80. The number of hydrogen-bond acceptors (Lipinski definition) is 2. The number of hydrogen-bond donors (Lipinski definition) is 2. The van der Waals surface area contributed by atoms with Crippen LogP contribution in [-0.2, 0) is 6.54 Å². The Morgan fingerprint density at radius 3 is 2.68 bits per heavy atom. The SMILES string of the molecule is NC(=S)c1cc(F)ccc1NCc1ccccc1Cl. The maximum atomic E-state index is 13.2. The molecule has 2 aromatic rings. The quantitative estimate of drug-likeness (QED) is 0.844. The van der Waals surface area contributed by atoms with Gasteiger partial charge in [0.1, 0.15) is 10.8 Å². The highest BCUT2D eigenvalue weighted by Crippen LogP contribution is 2.20. The maximum Gasteiger partial charge on any atom is 0.124 e. The van der Waals surface area contributed by atoms with Crippen LogP contribution in [0.15, 0.2) is 42.5 Å². The first-order chi connectivity index (χ1) is 9.08. The van der Waals surface area contributed by atoms with E-state index in [2.05, 4.69) is 5.32 Å². The van der Waals surface area contributed by atoms with Crippen molar-refractivity contribution >= 4 is 34.5 Å². The molecule has 0 aromatic heterocycles. The van der Waals surface area contributed by atoms with Crippen LogP contribution in [0.1, 0.15) is 11.1 Å². The average molecular weight is 295 g/mol. The molecule has 0 spiro atoms. The van der Waals surface area contributed by atoms with Gasteiger partial charge in [-0.25, -0.2) is 4.39 Å². The van der Waals surface area contributed by atoms with Crippen molar-refractivity contribution in [1.29, 1.82) is 0 Å². The van der Waals surface area contributed by atoms with Crippen molar-refractivity contribution in [1.82, 2.24) is 0 Å². The molecular formula is C14H12ClFN2S. The first kappa shape index (κ1) is 13.8. The number of thiocarbonyl (C=S) groups is 1. The Balaban J connectivity index is 2.20. The molecular weight excluding hydrogens is 283 g/mol. The van der Waals surface area contributed by atoms with Crippen molar-refractivity contribution in [3.8, 4) is 0 Å². The van der Waals surface area contributed by atoms with Gasteiger partial charge in [-0.05, 0) is 29.8 Å². The molecule has 0 aliphatic heterocycles. The Kier molecular flexibility index (Phi) is 4.35. The first-order valence-corrected chi connectivity index (χ1v) is 6.43. The summed E-state index contributed by atoms with van der Waals surface area (Å²) in [6.45, 7) is 0.515. The summed E-state index contributed by atoms with van der Waals surface area (Å²) in [6.07, 6.45) is 0. The van der Waals surface area contributed by atoms with Crippen molar-refractivity contribution in [3.63, 3.8) is 0 Å². The third-order valence-electron chi connectivity index (χ3n) is 2.67. The van der Waals surface area contributed by atoms with Gasteiger partial charge in [-0.1, -0.05) is 42.0 Å². The zero-order valence-corrected chi connectivity index (χ0v) is 11.6. The van der Waals surface area contributed by atoms with Crippen LogP contribution in [0.5, 0.6) is 0 Å². The van der Waals surface area contributed by atoms with Crippen LogP contribution in [0.3, 0.4) is 0 Å². The predicted octanol–water partition coefficient (Wildman–Crippen LogP) is 3.73. The summed E-state index contributed by atoms with van der Waals surface area (Å²) < 4.78 is 13.2. The van der Waals surface area contributed by atoms with Gasteiger partial charge in [-0.3, -0.25) is 0 Å². The third kappa shape index (κ3) is 3.43. The number of rotatable bonds is 4. The van der Waals surface area contributed by atoms with Gasteiger partial charge >= 0.3 is 0 Å². The van der Waals surface area contributed by atoms with Gasteiger partial charge in [0.2, 0.25) is 0 Å². The molecule has 0 saturated heterocycles. The van der Waals surface area contributed by atoms with Gasteiger partial charge in [0, 0.05) is 22.8 Å². The van der Waals surface area contributed by atoms with Crippen molar-refractivity contribution in [2.75, 3.05) is 5.32 Å². The van der Waals surface area contributed by atoms with Gasteiger partial charge in [0.25, 0.3) is 0 Å². The minimum absolute atomic E-state index is 0.154. The van der Waals surface area contributed by atoms with Crippen molar-refractivity contribution < 1.29 is 4.39 Å². The number of anilines is 1. The highest BCUT2D eigenvalue weighted by Gasteiger charge is 2.07. The van der Waals surface area contributed by atoms with Crippen molar-refractivity contribution in [2.45, 2.75) is 6.54 Å². The molecule has 5 heteroatoms. The topological polar surface area (TPSA) is 38.0 Å². The number of nitrogens with one attached hydrogen (secondary N) is 1. The lowest BCUT2D eigenvalue weighted by molar-refractivity contribution is 0.627. The van der Waals surface area contributed by atoms with Crippen LogP contribution >= 0.6 is 23.8 Å². The minimum Gasteiger partial charge on any atom is -0.389 e. The summed E-state index contributed by atoms with van der Waals surface area (Å²) >= 11 is 11.0. The largest absolute Gasteiger partial charge is 0.389 e. The van der Waals surface area contributed by atoms with E-state index in [4.69, 9.17) is 29.6 Å². The molecule has 0 aliphatic rings. The van der Waals surface area contributed by atoms with Crippen LogP contribution in [0.4, 0.5) is 10.1 Å².